The summed E-state index contributed by atoms with van der Waals surface area (Å²) in [5.74, 6) is 0.165. The summed E-state index contributed by atoms with van der Waals surface area (Å²) in [5, 5.41) is 14.7. The SMILES string of the molecule is CCCCCNc1nc(C)cc(C(=O)Nc2ccc(C#N)cc2)n1. The van der Waals surface area contributed by atoms with Crippen LogP contribution in [0.1, 0.15) is 47.9 Å². The summed E-state index contributed by atoms with van der Waals surface area (Å²) in [6, 6.07) is 10.4. The summed E-state index contributed by atoms with van der Waals surface area (Å²) in [6.45, 7) is 4.76. The number of nitrogens with zero attached hydrogens (tertiary/aromatic N) is 3. The Kier molecular flexibility index (Phi) is 6.26. The Morgan fingerprint density at radius 3 is 2.62 bits per heavy atom. The van der Waals surface area contributed by atoms with Crippen molar-refractivity contribution >= 4 is 17.5 Å². The van der Waals surface area contributed by atoms with Crippen LogP contribution in [0.4, 0.5) is 11.6 Å². The molecule has 0 aliphatic rings. The van der Waals surface area contributed by atoms with E-state index in [9.17, 15) is 4.79 Å². The van der Waals surface area contributed by atoms with Gasteiger partial charge >= 0.3 is 0 Å². The van der Waals surface area contributed by atoms with Crippen molar-refractivity contribution in [2.24, 2.45) is 0 Å². The highest BCUT2D eigenvalue weighted by molar-refractivity contribution is 6.03. The van der Waals surface area contributed by atoms with Gasteiger partial charge in [-0.15, -0.1) is 0 Å². The van der Waals surface area contributed by atoms with Gasteiger partial charge in [-0.3, -0.25) is 4.79 Å². The van der Waals surface area contributed by atoms with E-state index in [1.165, 1.54) is 0 Å². The maximum atomic E-state index is 12.4. The number of aromatic nitrogens is 2. The number of unbranched alkanes of at least 4 members (excludes halogenated alkanes) is 2. The topological polar surface area (TPSA) is 90.7 Å². The Labute approximate surface area is 142 Å². The van der Waals surface area contributed by atoms with E-state index >= 15 is 0 Å². The monoisotopic (exact) mass is 323 g/mol. The second kappa shape index (κ2) is 8.63. The summed E-state index contributed by atoms with van der Waals surface area (Å²) in [5.41, 5.74) is 2.20. The Morgan fingerprint density at radius 2 is 1.96 bits per heavy atom. The number of benzene rings is 1. The quantitative estimate of drug-likeness (QED) is 0.761. The lowest BCUT2D eigenvalue weighted by atomic mass is 10.2. The minimum Gasteiger partial charge on any atom is -0.354 e. The van der Waals surface area contributed by atoms with Gasteiger partial charge in [0.25, 0.3) is 5.91 Å². The number of nitrogens with one attached hydrogen (secondary N) is 2. The molecule has 1 amide bonds. The smallest absolute Gasteiger partial charge is 0.274 e. The molecular weight excluding hydrogens is 302 g/mol. The van der Waals surface area contributed by atoms with Crippen molar-refractivity contribution in [1.82, 2.24) is 9.97 Å². The summed E-state index contributed by atoms with van der Waals surface area (Å²) in [6.07, 6.45) is 3.33. The number of carbonyl (C=O) groups excluding carboxylic acids is 1. The molecule has 1 aromatic heterocycles. The van der Waals surface area contributed by atoms with Gasteiger partial charge in [-0.2, -0.15) is 5.26 Å². The molecule has 2 rings (SSSR count). The number of aryl methyl sites for hydroxylation is 1. The molecule has 6 nitrogen and oxygen atoms in total. The van der Waals surface area contributed by atoms with Gasteiger partial charge in [0, 0.05) is 17.9 Å². The van der Waals surface area contributed by atoms with Gasteiger partial charge in [0.05, 0.1) is 11.6 Å². The molecule has 0 aliphatic heterocycles. The highest BCUT2D eigenvalue weighted by Crippen LogP contribution is 2.12. The van der Waals surface area contributed by atoms with Gasteiger partial charge in [-0.05, 0) is 43.7 Å². The largest absolute Gasteiger partial charge is 0.354 e. The first-order valence-corrected chi connectivity index (χ1v) is 8.03. The second-order valence-corrected chi connectivity index (χ2v) is 5.50. The van der Waals surface area contributed by atoms with Gasteiger partial charge in [0.15, 0.2) is 0 Å². The predicted octanol–water partition coefficient (Wildman–Crippen LogP) is 3.51. The van der Waals surface area contributed by atoms with E-state index in [-0.39, 0.29) is 5.91 Å². The van der Waals surface area contributed by atoms with Crippen molar-refractivity contribution in [3.05, 3.63) is 47.3 Å². The van der Waals surface area contributed by atoms with Crippen molar-refractivity contribution in [1.29, 1.82) is 5.26 Å². The van der Waals surface area contributed by atoms with Crippen molar-refractivity contribution < 1.29 is 4.79 Å². The van der Waals surface area contributed by atoms with Crippen LogP contribution in [0.3, 0.4) is 0 Å². The Bertz CT molecular complexity index is 734. The molecular formula is C18H21N5O. The fourth-order valence-electron chi connectivity index (χ4n) is 2.16. The first kappa shape index (κ1) is 17.4. The molecule has 0 atom stereocenters. The minimum atomic E-state index is -0.304. The zero-order chi connectivity index (χ0) is 17.4. The average Bonchev–Trinajstić information content (AvgIpc) is 2.59. The average molecular weight is 323 g/mol. The van der Waals surface area contributed by atoms with Gasteiger partial charge in [-0.25, -0.2) is 9.97 Å². The van der Waals surface area contributed by atoms with Gasteiger partial charge in [-0.1, -0.05) is 19.8 Å². The van der Waals surface area contributed by atoms with Crippen molar-refractivity contribution in [2.75, 3.05) is 17.2 Å². The van der Waals surface area contributed by atoms with Crippen LogP contribution < -0.4 is 10.6 Å². The van der Waals surface area contributed by atoms with E-state index in [4.69, 9.17) is 5.26 Å². The number of hydrogen-bond donors (Lipinski definition) is 2. The molecule has 0 aliphatic carbocycles. The van der Waals surface area contributed by atoms with Gasteiger partial charge in [0.1, 0.15) is 5.69 Å². The van der Waals surface area contributed by atoms with E-state index in [2.05, 4.69) is 27.5 Å². The Hall–Kier alpha value is -2.94. The standard InChI is InChI=1S/C18H21N5O/c1-3-4-5-10-20-18-21-13(2)11-16(23-18)17(24)22-15-8-6-14(12-19)7-9-15/h6-9,11H,3-5,10H2,1-2H3,(H,22,24)(H,20,21,23). The lowest BCUT2D eigenvalue weighted by Crippen LogP contribution is -2.16. The molecule has 0 saturated carbocycles. The van der Waals surface area contributed by atoms with E-state index in [1.54, 1.807) is 30.3 Å². The molecule has 0 fully saturated rings. The molecule has 6 heteroatoms. The third-order valence-corrected chi connectivity index (χ3v) is 3.42. The molecule has 24 heavy (non-hydrogen) atoms. The van der Waals surface area contributed by atoms with Crippen LogP contribution >= 0.6 is 0 Å². The second-order valence-electron chi connectivity index (χ2n) is 5.50. The lowest BCUT2D eigenvalue weighted by Gasteiger charge is -2.09. The number of carbonyl (C=O) groups is 1. The summed E-state index contributed by atoms with van der Waals surface area (Å²) >= 11 is 0. The fourth-order valence-corrected chi connectivity index (χ4v) is 2.16. The van der Waals surface area contributed by atoms with Gasteiger partial charge in [0.2, 0.25) is 5.95 Å². The zero-order valence-corrected chi connectivity index (χ0v) is 14.0. The molecule has 0 spiro atoms. The highest BCUT2D eigenvalue weighted by Gasteiger charge is 2.11. The Morgan fingerprint density at radius 1 is 1.21 bits per heavy atom. The molecule has 0 unspecified atom stereocenters. The normalized spacial score (nSPS) is 10.0. The van der Waals surface area contributed by atoms with Crippen LogP contribution in [0.2, 0.25) is 0 Å². The maximum absolute atomic E-state index is 12.4. The number of anilines is 2. The predicted molar refractivity (Wildman–Crippen MR) is 93.9 cm³/mol. The minimum absolute atomic E-state index is 0.304. The van der Waals surface area contributed by atoms with Crippen LogP contribution in [0.25, 0.3) is 0 Å². The molecule has 1 aromatic carbocycles. The number of nitriles is 1. The Balaban J connectivity index is 2.05. The first-order valence-electron chi connectivity index (χ1n) is 8.03. The van der Waals surface area contributed by atoms with Crippen LogP contribution in [0.15, 0.2) is 30.3 Å². The molecule has 2 aromatic rings. The third kappa shape index (κ3) is 5.06. The van der Waals surface area contributed by atoms with Gasteiger partial charge < -0.3 is 10.6 Å². The summed E-state index contributed by atoms with van der Waals surface area (Å²) in [7, 11) is 0. The van der Waals surface area contributed by atoms with Crippen LogP contribution in [-0.2, 0) is 0 Å². The maximum Gasteiger partial charge on any atom is 0.274 e. The zero-order valence-electron chi connectivity index (χ0n) is 14.0. The van der Waals surface area contributed by atoms with E-state index in [0.717, 1.165) is 31.5 Å². The molecule has 0 saturated heterocycles. The van der Waals surface area contributed by atoms with Crippen molar-refractivity contribution in [2.45, 2.75) is 33.1 Å². The first-order chi connectivity index (χ1) is 11.6. The number of rotatable bonds is 7. The molecule has 0 bridgehead atoms. The van der Waals surface area contributed by atoms with Crippen molar-refractivity contribution in [3.63, 3.8) is 0 Å². The fraction of sp³-hybridized carbons (Fsp3) is 0.333. The third-order valence-electron chi connectivity index (χ3n) is 3.42. The van der Waals surface area contributed by atoms with Crippen LogP contribution in [-0.4, -0.2) is 22.4 Å². The lowest BCUT2D eigenvalue weighted by molar-refractivity contribution is 0.102. The van der Waals surface area contributed by atoms with E-state index in [1.807, 2.05) is 13.0 Å². The number of amides is 1. The molecule has 0 radical (unpaired) electrons. The summed E-state index contributed by atoms with van der Waals surface area (Å²) < 4.78 is 0. The summed E-state index contributed by atoms with van der Waals surface area (Å²) in [4.78, 5) is 20.9. The number of hydrogen-bond acceptors (Lipinski definition) is 5. The molecule has 2 N–H and O–H groups in total. The van der Waals surface area contributed by atoms with Crippen LogP contribution in [0.5, 0.6) is 0 Å². The van der Waals surface area contributed by atoms with E-state index in [0.29, 0.717) is 22.9 Å². The molecule has 1 heterocycles. The van der Waals surface area contributed by atoms with Crippen molar-refractivity contribution in [3.8, 4) is 6.07 Å². The molecule has 124 valence electrons. The van der Waals surface area contributed by atoms with E-state index < -0.39 is 0 Å². The highest BCUT2D eigenvalue weighted by atomic mass is 16.1. The van der Waals surface area contributed by atoms with Crippen LogP contribution in [0, 0.1) is 18.3 Å².